The highest BCUT2D eigenvalue weighted by molar-refractivity contribution is 7.13. The number of hydrogen-bond acceptors (Lipinski definition) is 5. The van der Waals surface area contributed by atoms with Crippen LogP contribution in [0.3, 0.4) is 0 Å². The van der Waals surface area contributed by atoms with Crippen LogP contribution in [0.15, 0.2) is 35.8 Å². The van der Waals surface area contributed by atoms with Gasteiger partial charge in [-0.2, -0.15) is 0 Å². The summed E-state index contributed by atoms with van der Waals surface area (Å²) in [5, 5.41) is 5.68. The zero-order chi connectivity index (χ0) is 18.8. The lowest BCUT2D eigenvalue weighted by atomic mass is 9.81. The van der Waals surface area contributed by atoms with Crippen molar-refractivity contribution >= 4 is 34.7 Å². The van der Waals surface area contributed by atoms with Gasteiger partial charge < -0.3 is 5.32 Å². The van der Waals surface area contributed by atoms with Crippen LogP contribution in [0.2, 0.25) is 0 Å². The number of carbonyl (C=O) groups excluding carboxylic acids is 3. The van der Waals surface area contributed by atoms with E-state index in [1.54, 1.807) is 17.5 Å². The van der Waals surface area contributed by atoms with Gasteiger partial charge in [-0.3, -0.25) is 19.3 Å². The van der Waals surface area contributed by atoms with Gasteiger partial charge in [0.2, 0.25) is 17.7 Å². The number of hydrogen-bond donors (Lipinski definition) is 1. The average Bonchev–Trinajstić information content (AvgIpc) is 3.30. The molecule has 1 saturated heterocycles. The maximum Gasteiger partial charge on any atom is 0.233 e. The molecule has 140 valence electrons. The van der Waals surface area contributed by atoms with Crippen molar-refractivity contribution in [2.75, 3.05) is 11.9 Å². The number of aromatic nitrogens is 1. The number of fused-ring (bicyclic) bond motifs is 1. The van der Waals surface area contributed by atoms with E-state index in [1.807, 2.05) is 29.6 Å². The highest BCUT2D eigenvalue weighted by atomic mass is 32.1. The fraction of sp³-hybridized carbons (Fsp3) is 0.400. The molecule has 2 heterocycles. The first-order chi connectivity index (χ1) is 13.1. The Bertz CT molecular complexity index is 824. The van der Waals surface area contributed by atoms with Crippen molar-refractivity contribution in [2.24, 2.45) is 11.8 Å². The minimum Gasteiger partial charge on any atom is -0.326 e. The number of nitrogens with one attached hydrogen (secondary N) is 1. The van der Waals surface area contributed by atoms with Crippen LogP contribution >= 0.6 is 11.3 Å². The van der Waals surface area contributed by atoms with Crippen molar-refractivity contribution in [1.82, 2.24) is 9.88 Å². The molecule has 2 aliphatic rings. The summed E-state index contributed by atoms with van der Waals surface area (Å²) in [5.74, 6) is -0.705. The monoisotopic (exact) mass is 383 g/mol. The maximum absolute atomic E-state index is 12.4. The molecule has 7 heteroatoms. The molecule has 0 unspecified atom stereocenters. The quantitative estimate of drug-likeness (QED) is 0.804. The molecule has 0 radical (unpaired) electrons. The summed E-state index contributed by atoms with van der Waals surface area (Å²) < 4.78 is 0. The van der Waals surface area contributed by atoms with Gasteiger partial charge >= 0.3 is 0 Å². The molecular formula is C20H21N3O3S. The smallest absolute Gasteiger partial charge is 0.233 e. The molecule has 2 atom stereocenters. The van der Waals surface area contributed by atoms with Crippen molar-refractivity contribution in [3.63, 3.8) is 0 Å². The van der Waals surface area contributed by atoms with Crippen LogP contribution in [0.4, 0.5) is 5.69 Å². The van der Waals surface area contributed by atoms with E-state index < -0.39 is 0 Å². The van der Waals surface area contributed by atoms with Gasteiger partial charge in [0.15, 0.2) is 0 Å². The van der Waals surface area contributed by atoms with E-state index in [1.165, 1.54) is 4.90 Å². The standard InChI is InChI=1S/C20H21N3O3S/c24-17(22-14-7-5-13(6-8-14)18-21-10-12-27-18)9-11-23-19(25)15-3-1-2-4-16(15)20(23)26/h5-8,10,12,15-16H,1-4,9,11H2,(H,22,24)/t15-,16-/m1/s1. The fourth-order valence-corrected chi connectivity index (χ4v) is 4.59. The van der Waals surface area contributed by atoms with E-state index in [4.69, 9.17) is 0 Å². The summed E-state index contributed by atoms with van der Waals surface area (Å²) in [7, 11) is 0. The third-order valence-corrected chi connectivity index (χ3v) is 6.16. The van der Waals surface area contributed by atoms with E-state index in [9.17, 15) is 14.4 Å². The van der Waals surface area contributed by atoms with Crippen LogP contribution in [-0.2, 0) is 14.4 Å². The van der Waals surface area contributed by atoms with E-state index in [-0.39, 0.29) is 42.5 Å². The Balaban J connectivity index is 1.32. The lowest BCUT2D eigenvalue weighted by Crippen LogP contribution is -2.34. The Morgan fingerprint density at radius 2 is 1.78 bits per heavy atom. The van der Waals surface area contributed by atoms with Crippen molar-refractivity contribution < 1.29 is 14.4 Å². The number of thiazole rings is 1. The summed E-state index contributed by atoms with van der Waals surface area (Å²) in [4.78, 5) is 42.7. The number of rotatable bonds is 5. The zero-order valence-electron chi connectivity index (χ0n) is 14.9. The molecular weight excluding hydrogens is 362 g/mol. The van der Waals surface area contributed by atoms with Gasteiger partial charge in [0, 0.05) is 35.8 Å². The molecule has 2 fully saturated rings. The minimum atomic E-state index is -0.201. The molecule has 1 saturated carbocycles. The molecule has 0 spiro atoms. The van der Waals surface area contributed by atoms with Gasteiger partial charge in [0.1, 0.15) is 5.01 Å². The number of carbonyl (C=O) groups is 3. The minimum absolute atomic E-state index is 0.0923. The molecule has 6 nitrogen and oxygen atoms in total. The second kappa shape index (κ2) is 7.60. The number of imide groups is 1. The summed E-state index contributed by atoms with van der Waals surface area (Å²) >= 11 is 1.56. The second-order valence-corrected chi connectivity index (χ2v) is 7.93. The SMILES string of the molecule is O=C(CCN1C(=O)[C@@H]2CCCC[C@H]2C1=O)Nc1ccc(-c2nccs2)cc1. The van der Waals surface area contributed by atoms with E-state index in [0.29, 0.717) is 5.69 Å². The number of likely N-dealkylation sites (tertiary alicyclic amines) is 1. The van der Waals surface area contributed by atoms with Gasteiger partial charge in [-0.25, -0.2) is 4.98 Å². The first-order valence-electron chi connectivity index (χ1n) is 9.28. The molecule has 3 amide bonds. The first kappa shape index (κ1) is 17.9. The molecule has 1 aliphatic heterocycles. The van der Waals surface area contributed by atoms with Crippen LogP contribution in [0.1, 0.15) is 32.1 Å². The van der Waals surface area contributed by atoms with E-state index in [2.05, 4.69) is 10.3 Å². The fourth-order valence-electron chi connectivity index (χ4n) is 3.95. The highest BCUT2D eigenvalue weighted by Crippen LogP contribution is 2.38. The highest BCUT2D eigenvalue weighted by Gasteiger charge is 2.47. The van der Waals surface area contributed by atoms with Crippen molar-refractivity contribution in [2.45, 2.75) is 32.1 Å². The topological polar surface area (TPSA) is 79.4 Å². The van der Waals surface area contributed by atoms with E-state index >= 15 is 0 Å². The lowest BCUT2D eigenvalue weighted by Gasteiger charge is -2.19. The summed E-state index contributed by atoms with van der Waals surface area (Å²) in [6.07, 6.45) is 5.47. The van der Waals surface area contributed by atoms with Crippen LogP contribution in [0, 0.1) is 11.8 Å². The summed E-state index contributed by atoms with van der Waals surface area (Å²) in [6.45, 7) is 0.160. The summed E-state index contributed by atoms with van der Waals surface area (Å²) in [5.41, 5.74) is 1.69. The Labute approximate surface area is 161 Å². The number of amides is 3. The molecule has 1 aromatic heterocycles. The molecule has 1 N–H and O–H groups in total. The Morgan fingerprint density at radius 3 is 2.37 bits per heavy atom. The molecule has 4 rings (SSSR count). The van der Waals surface area contributed by atoms with Crippen molar-refractivity contribution in [3.8, 4) is 10.6 Å². The van der Waals surface area contributed by atoms with E-state index in [0.717, 1.165) is 36.3 Å². The van der Waals surface area contributed by atoms with Crippen LogP contribution < -0.4 is 5.32 Å². The maximum atomic E-state index is 12.4. The van der Waals surface area contributed by atoms with Gasteiger partial charge in [0.05, 0.1) is 11.8 Å². The first-order valence-corrected chi connectivity index (χ1v) is 10.2. The van der Waals surface area contributed by atoms with Crippen LogP contribution in [0.5, 0.6) is 0 Å². The van der Waals surface area contributed by atoms with Crippen molar-refractivity contribution in [3.05, 3.63) is 35.8 Å². The number of nitrogens with zero attached hydrogens (tertiary/aromatic N) is 2. The van der Waals surface area contributed by atoms with Gasteiger partial charge in [-0.15, -0.1) is 11.3 Å². The molecule has 1 aliphatic carbocycles. The summed E-state index contributed by atoms with van der Waals surface area (Å²) in [6, 6.07) is 7.48. The lowest BCUT2D eigenvalue weighted by molar-refractivity contribution is -0.140. The third-order valence-electron chi connectivity index (χ3n) is 5.34. The number of benzene rings is 1. The molecule has 2 aromatic rings. The van der Waals surface area contributed by atoms with Crippen LogP contribution in [0.25, 0.3) is 10.6 Å². The largest absolute Gasteiger partial charge is 0.326 e. The Kier molecular flexibility index (Phi) is 5.03. The Morgan fingerprint density at radius 1 is 1.11 bits per heavy atom. The van der Waals surface area contributed by atoms with Gasteiger partial charge in [-0.05, 0) is 37.1 Å². The predicted molar refractivity (Wildman–Crippen MR) is 103 cm³/mol. The predicted octanol–water partition coefficient (Wildman–Crippen LogP) is 3.31. The Hall–Kier alpha value is -2.54. The molecule has 1 aromatic carbocycles. The normalized spacial score (nSPS) is 22.0. The van der Waals surface area contributed by atoms with Crippen LogP contribution in [-0.4, -0.2) is 34.2 Å². The van der Waals surface area contributed by atoms with Gasteiger partial charge in [0.25, 0.3) is 0 Å². The second-order valence-electron chi connectivity index (χ2n) is 7.04. The average molecular weight is 383 g/mol. The van der Waals surface area contributed by atoms with Gasteiger partial charge in [-0.1, -0.05) is 12.8 Å². The third kappa shape index (κ3) is 3.64. The molecule has 27 heavy (non-hydrogen) atoms. The zero-order valence-corrected chi connectivity index (χ0v) is 15.7. The molecule has 0 bridgehead atoms. The number of anilines is 1. The van der Waals surface area contributed by atoms with Crippen molar-refractivity contribution in [1.29, 1.82) is 0 Å².